The van der Waals surface area contributed by atoms with E-state index in [9.17, 15) is 19.0 Å². The predicted molar refractivity (Wildman–Crippen MR) is 76.9 cm³/mol. The molecule has 0 bridgehead atoms. The van der Waals surface area contributed by atoms with Crippen molar-refractivity contribution in [3.8, 4) is 11.5 Å². The third-order valence-corrected chi connectivity index (χ3v) is 3.62. The Morgan fingerprint density at radius 1 is 1.10 bits per heavy atom. The summed E-state index contributed by atoms with van der Waals surface area (Å²) in [7, 11) is 0. The predicted octanol–water partition coefficient (Wildman–Crippen LogP) is 2.73. The zero-order chi connectivity index (χ0) is 14.5. The molecular weight excluding hydrogens is 276 g/mol. The fraction of sp³-hybridized carbons (Fsp3) is 0.0667. The first-order chi connectivity index (χ1) is 9.58. The lowest BCUT2D eigenvalue weighted by molar-refractivity contribution is 0.445. The second kappa shape index (κ2) is 6.36. The second-order valence-corrected chi connectivity index (χ2v) is 5.22. The van der Waals surface area contributed by atoms with Gasteiger partial charge in [-0.15, -0.1) is 0 Å². The Labute approximate surface area is 119 Å². The van der Waals surface area contributed by atoms with E-state index in [1.165, 1.54) is 18.2 Å². The van der Waals surface area contributed by atoms with Crippen LogP contribution in [0.2, 0.25) is 0 Å². The largest absolute Gasteiger partial charge is 0.772 e. The molecule has 0 aromatic heterocycles. The van der Waals surface area contributed by atoms with E-state index in [4.69, 9.17) is 0 Å². The van der Waals surface area contributed by atoms with Gasteiger partial charge < -0.3 is 14.8 Å². The van der Waals surface area contributed by atoms with Gasteiger partial charge in [0.1, 0.15) is 11.5 Å². The number of phenols is 2. The van der Waals surface area contributed by atoms with Crippen LogP contribution in [-0.4, -0.2) is 19.0 Å². The van der Waals surface area contributed by atoms with Gasteiger partial charge in [-0.3, -0.25) is 4.21 Å². The molecule has 0 aliphatic rings. The standard InChI is InChI=1S/C15H14O4S/c16-12-7-8-13(14(17)10-12)15(20(18)19)9-6-11-4-2-1-3-5-11/h1-10,15-17H,(H,18,19)/p-1. The highest BCUT2D eigenvalue weighted by Gasteiger charge is 2.13. The number of aromatic hydroxyl groups is 2. The van der Waals surface area contributed by atoms with Gasteiger partial charge in [0.05, 0.1) is 5.25 Å². The van der Waals surface area contributed by atoms with Gasteiger partial charge in [0.25, 0.3) is 0 Å². The Kier molecular flexibility index (Phi) is 4.55. The molecule has 5 heteroatoms. The van der Waals surface area contributed by atoms with Crippen molar-refractivity contribution in [3.63, 3.8) is 0 Å². The highest BCUT2D eigenvalue weighted by Crippen LogP contribution is 2.32. The fourth-order valence-corrected chi connectivity index (χ4v) is 2.42. The Bertz CT molecular complexity index is 638. The van der Waals surface area contributed by atoms with Crippen LogP contribution >= 0.6 is 0 Å². The van der Waals surface area contributed by atoms with Gasteiger partial charge in [-0.1, -0.05) is 48.6 Å². The van der Waals surface area contributed by atoms with Crippen molar-refractivity contribution >= 4 is 17.2 Å². The average Bonchev–Trinajstić information content (AvgIpc) is 2.42. The van der Waals surface area contributed by atoms with Crippen LogP contribution in [-0.2, 0) is 11.1 Å². The van der Waals surface area contributed by atoms with Crippen molar-refractivity contribution in [2.24, 2.45) is 0 Å². The first kappa shape index (κ1) is 14.3. The molecule has 0 aliphatic heterocycles. The van der Waals surface area contributed by atoms with Crippen molar-refractivity contribution in [1.29, 1.82) is 0 Å². The highest BCUT2D eigenvalue weighted by molar-refractivity contribution is 7.79. The van der Waals surface area contributed by atoms with Gasteiger partial charge in [-0.25, -0.2) is 0 Å². The summed E-state index contributed by atoms with van der Waals surface area (Å²) in [5.74, 6) is -0.370. The summed E-state index contributed by atoms with van der Waals surface area (Å²) in [4.78, 5) is 0. The van der Waals surface area contributed by atoms with Crippen LogP contribution in [0, 0.1) is 0 Å². The van der Waals surface area contributed by atoms with Crippen LogP contribution in [0.1, 0.15) is 16.4 Å². The Balaban J connectivity index is 2.32. The van der Waals surface area contributed by atoms with Gasteiger partial charge in [0.2, 0.25) is 0 Å². The van der Waals surface area contributed by atoms with Crippen molar-refractivity contribution in [2.45, 2.75) is 5.25 Å². The minimum absolute atomic E-state index is 0.117. The molecule has 2 aromatic carbocycles. The number of hydrogen-bond donors (Lipinski definition) is 2. The van der Waals surface area contributed by atoms with E-state index < -0.39 is 16.3 Å². The third kappa shape index (κ3) is 3.46. The van der Waals surface area contributed by atoms with Crippen molar-refractivity contribution in [1.82, 2.24) is 0 Å². The molecule has 0 saturated heterocycles. The van der Waals surface area contributed by atoms with Crippen LogP contribution in [0.25, 0.3) is 6.08 Å². The molecule has 104 valence electrons. The topological polar surface area (TPSA) is 80.6 Å². The monoisotopic (exact) mass is 289 g/mol. The van der Waals surface area contributed by atoms with E-state index in [1.54, 1.807) is 6.08 Å². The number of rotatable bonds is 4. The lowest BCUT2D eigenvalue weighted by Crippen LogP contribution is -2.03. The van der Waals surface area contributed by atoms with Gasteiger partial charge in [-0.2, -0.15) is 0 Å². The number of hydrogen-bond acceptors (Lipinski definition) is 4. The van der Waals surface area contributed by atoms with E-state index in [2.05, 4.69) is 0 Å². The lowest BCUT2D eigenvalue weighted by atomic mass is 10.1. The fourth-order valence-electron chi connectivity index (χ4n) is 1.81. The molecule has 2 atom stereocenters. The SMILES string of the molecule is O=S([O-])C(C=Cc1ccccc1)c1ccc(O)cc1O. The molecule has 4 nitrogen and oxygen atoms in total. The first-order valence-electron chi connectivity index (χ1n) is 5.91. The molecule has 2 aromatic rings. The van der Waals surface area contributed by atoms with Crippen LogP contribution in [0.4, 0.5) is 0 Å². The molecule has 0 saturated carbocycles. The second-order valence-electron chi connectivity index (χ2n) is 4.19. The molecule has 0 amide bonds. The van der Waals surface area contributed by atoms with E-state index in [0.717, 1.165) is 11.6 Å². The minimum atomic E-state index is -2.42. The number of benzene rings is 2. The van der Waals surface area contributed by atoms with Gasteiger partial charge in [0.15, 0.2) is 0 Å². The molecule has 2 rings (SSSR count). The van der Waals surface area contributed by atoms with E-state index in [-0.39, 0.29) is 17.1 Å². The third-order valence-electron chi connectivity index (χ3n) is 2.79. The molecule has 2 unspecified atom stereocenters. The van der Waals surface area contributed by atoms with E-state index in [0.29, 0.717) is 0 Å². The van der Waals surface area contributed by atoms with Crippen LogP contribution < -0.4 is 0 Å². The molecular formula is C15H13O4S-. The van der Waals surface area contributed by atoms with Gasteiger partial charge in [0, 0.05) is 11.6 Å². The van der Waals surface area contributed by atoms with Crippen molar-refractivity contribution in [2.75, 3.05) is 0 Å². The van der Waals surface area contributed by atoms with Crippen LogP contribution in [0.15, 0.2) is 54.6 Å². The smallest absolute Gasteiger partial charge is 0.123 e. The summed E-state index contributed by atoms with van der Waals surface area (Å²) in [5, 5.41) is 18.0. The summed E-state index contributed by atoms with van der Waals surface area (Å²) >= 11 is -2.42. The maximum absolute atomic E-state index is 11.3. The first-order valence-corrected chi connectivity index (χ1v) is 7.05. The quantitative estimate of drug-likeness (QED) is 0.848. The zero-order valence-corrected chi connectivity index (χ0v) is 11.3. The normalized spacial score (nSPS) is 14.2. The minimum Gasteiger partial charge on any atom is -0.772 e. The van der Waals surface area contributed by atoms with Crippen molar-refractivity contribution in [3.05, 3.63) is 65.7 Å². The average molecular weight is 289 g/mol. The molecule has 0 radical (unpaired) electrons. The van der Waals surface area contributed by atoms with Crippen LogP contribution in [0.3, 0.4) is 0 Å². The molecule has 0 aliphatic carbocycles. The summed E-state index contributed by atoms with van der Waals surface area (Å²) in [6.07, 6.45) is 3.16. The lowest BCUT2D eigenvalue weighted by Gasteiger charge is -2.17. The van der Waals surface area contributed by atoms with E-state index in [1.807, 2.05) is 30.3 Å². The number of phenolic OH excluding ortho intramolecular Hbond substituents is 2. The van der Waals surface area contributed by atoms with Gasteiger partial charge >= 0.3 is 0 Å². The zero-order valence-electron chi connectivity index (χ0n) is 10.5. The highest BCUT2D eigenvalue weighted by atomic mass is 32.2. The maximum Gasteiger partial charge on any atom is 0.123 e. The summed E-state index contributed by atoms with van der Waals surface area (Å²) in [6, 6.07) is 13.1. The maximum atomic E-state index is 11.3. The molecule has 0 spiro atoms. The van der Waals surface area contributed by atoms with Gasteiger partial charge in [-0.05, 0) is 22.7 Å². The van der Waals surface area contributed by atoms with E-state index >= 15 is 0 Å². The van der Waals surface area contributed by atoms with Crippen molar-refractivity contribution < 1.29 is 19.0 Å². The molecule has 20 heavy (non-hydrogen) atoms. The summed E-state index contributed by atoms with van der Waals surface area (Å²) in [6.45, 7) is 0. The Morgan fingerprint density at radius 2 is 1.80 bits per heavy atom. The summed E-state index contributed by atoms with van der Waals surface area (Å²) in [5.41, 5.74) is 1.09. The molecule has 0 heterocycles. The molecule has 0 fully saturated rings. The summed E-state index contributed by atoms with van der Waals surface area (Å²) < 4.78 is 22.7. The Morgan fingerprint density at radius 3 is 2.40 bits per heavy atom. The van der Waals surface area contributed by atoms with Crippen LogP contribution in [0.5, 0.6) is 11.5 Å². The Hall–Kier alpha value is -2.11. The molecule has 2 N–H and O–H groups in total.